The molecule has 0 aliphatic carbocycles. The molecule has 0 radical (unpaired) electrons. The summed E-state index contributed by atoms with van der Waals surface area (Å²) in [7, 11) is 0. The summed E-state index contributed by atoms with van der Waals surface area (Å²) in [5, 5.41) is 8.19. The van der Waals surface area contributed by atoms with E-state index in [0.717, 1.165) is 25.5 Å². The number of benzene rings is 1. The zero-order chi connectivity index (χ0) is 17.9. The normalized spacial score (nSPS) is 18.2. The van der Waals surface area contributed by atoms with Crippen molar-refractivity contribution in [2.24, 2.45) is 0 Å². The second-order valence-corrected chi connectivity index (χ2v) is 6.32. The molecule has 1 fully saturated rings. The van der Waals surface area contributed by atoms with Crippen molar-refractivity contribution >= 4 is 0 Å². The van der Waals surface area contributed by atoms with Gasteiger partial charge < -0.3 is 4.42 Å². The van der Waals surface area contributed by atoms with Gasteiger partial charge >= 0.3 is 0 Å². The Labute approximate surface area is 148 Å². The molecule has 1 aliphatic heterocycles. The predicted molar refractivity (Wildman–Crippen MR) is 88.9 cm³/mol. The summed E-state index contributed by atoms with van der Waals surface area (Å²) in [5.74, 6) is -0.673. The van der Waals surface area contributed by atoms with Gasteiger partial charge in [0.2, 0.25) is 5.89 Å². The van der Waals surface area contributed by atoms with Crippen molar-refractivity contribution in [2.75, 3.05) is 13.1 Å². The van der Waals surface area contributed by atoms with Crippen molar-refractivity contribution in [1.82, 2.24) is 25.1 Å². The Morgan fingerprint density at radius 2 is 2.12 bits per heavy atom. The van der Waals surface area contributed by atoms with Crippen LogP contribution in [-0.4, -0.2) is 38.2 Å². The summed E-state index contributed by atoms with van der Waals surface area (Å²) in [4.78, 5) is 10.2. The number of hydrogen-bond donors (Lipinski definition) is 0. The SMILES string of the molecule is Fc1cccc(CN2CCC[C@@H](c3nnc(-c4cnccn4)o3)C2)c1F. The van der Waals surface area contributed by atoms with E-state index in [1.54, 1.807) is 24.7 Å². The van der Waals surface area contributed by atoms with Crippen LogP contribution in [0.5, 0.6) is 0 Å². The third kappa shape index (κ3) is 3.45. The number of aromatic nitrogens is 4. The van der Waals surface area contributed by atoms with Crippen molar-refractivity contribution in [2.45, 2.75) is 25.3 Å². The van der Waals surface area contributed by atoms with Crippen LogP contribution in [0, 0.1) is 11.6 Å². The molecular weight excluding hydrogens is 340 g/mol. The molecule has 1 aromatic carbocycles. The minimum absolute atomic E-state index is 0.0540. The van der Waals surface area contributed by atoms with E-state index in [4.69, 9.17) is 4.42 Å². The molecule has 0 spiro atoms. The summed E-state index contributed by atoms with van der Waals surface area (Å²) >= 11 is 0. The Balaban J connectivity index is 1.47. The highest BCUT2D eigenvalue weighted by Gasteiger charge is 2.27. The largest absolute Gasteiger partial charge is 0.419 e. The summed E-state index contributed by atoms with van der Waals surface area (Å²) < 4.78 is 33.1. The molecule has 0 unspecified atom stereocenters. The molecular formula is C18H17F2N5O. The first-order valence-electron chi connectivity index (χ1n) is 8.46. The van der Waals surface area contributed by atoms with Gasteiger partial charge in [-0.15, -0.1) is 10.2 Å². The third-order valence-corrected chi connectivity index (χ3v) is 4.50. The van der Waals surface area contributed by atoms with E-state index in [0.29, 0.717) is 36.1 Å². The number of hydrogen-bond acceptors (Lipinski definition) is 6. The van der Waals surface area contributed by atoms with Gasteiger partial charge in [-0.1, -0.05) is 12.1 Å². The molecule has 26 heavy (non-hydrogen) atoms. The van der Waals surface area contributed by atoms with Gasteiger partial charge in [0, 0.05) is 31.0 Å². The molecule has 6 nitrogen and oxygen atoms in total. The van der Waals surface area contributed by atoms with Crippen molar-refractivity contribution in [1.29, 1.82) is 0 Å². The van der Waals surface area contributed by atoms with E-state index in [9.17, 15) is 8.78 Å². The standard InChI is InChI=1S/C18H17F2N5O/c19-14-5-1-3-12(16(14)20)10-25-8-2-4-13(11-25)17-23-24-18(26-17)15-9-21-6-7-22-15/h1,3,5-7,9,13H,2,4,8,10-11H2/t13-/m1/s1. The second-order valence-electron chi connectivity index (χ2n) is 6.32. The average molecular weight is 357 g/mol. The fraction of sp³-hybridized carbons (Fsp3) is 0.333. The Morgan fingerprint density at radius 3 is 2.96 bits per heavy atom. The first-order chi connectivity index (χ1) is 12.7. The van der Waals surface area contributed by atoms with Crippen LogP contribution in [0.1, 0.15) is 30.2 Å². The van der Waals surface area contributed by atoms with E-state index in [2.05, 4.69) is 25.1 Å². The maximum Gasteiger partial charge on any atom is 0.267 e. The molecule has 0 N–H and O–H groups in total. The molecule has 3 heterocycles. The lowest BCUT2D eigenvalue weighted by Gasteiger charge is -2.31. The Hall–Kier alpha value is -2.74. The van der Waals surface area contributed by atoms with Crippen LogP contribution in [0.2, 0.25) is 0 Å². The quantitative estimate of drug-likeness (QED) is 0.714. The van der Waals surface area contributed by atoms with Crippen LogP contribution in [0.4, 0.5) is 8.78 Å². The summed E-state index contributed by atoms with van der Waals surface area (Å²) in [6.45, 7) is 1.82. The van der Waals surface area contributed by atoms with Gasteiger partial charge in [0.05, 0.1) is 12.1 Å². The number of likely N-dealkylation sites (tertiary alicyclic amines) is 1. The highest BCUT2D eigenvalue weighted by atomic mass is 19.2. The van der Waals surface area contributed by atoms with Gasteiger partial charge in [0.15, 0.2) is 11.6 Å². The predicted octanol–water partition coefficient (Wildman–Crippen LogP) is 3.18. The van der Waals surface area contributed by atoms with Crippen LogP contribution >= 0.6 is 0 Å². The zero-order valence-corrected chi connectivity index (χ0v) is 14.0. The monoisotopic (exact) mass is 357 g/mol. The van der Waals surface area contributed by atoms with Gasteiger partial charge in [-0.3, -0.25) is 9.88 Å². The molecule has 134 valence electrons. The Kier molecular flexibility index (Phi) is 4.66. The molecule has 1 aliphatic rings. The van der Waals surface area contributed by atoms with Crippen molar-refractivity contribution in [3.63, 3.8) is 0 Å². The third-order valence-electron chi connectivity index (χ3n) is 4.50. The zero-order valence-electron chi connectivity index (χ0n) is 14.0. The maximum absolute atomic E-state index is 13.9. The molecule has 3 aromatic rings. The fourth-order valence-corrected chi connectivity index (χ4v) is 3.22. The summed E-state index contributed by atoms with van der Waals surface area (Å²) in [6.07, 6.45) is 6.53. The molecule has 1 saturated heterocycles. The number of rotatable bonds is 4. The lowest BCUT2D eigenvalue weighted by molar-refractivity contribution is 0.184. The molecule has 0 saturated carbocycles. The number of nitrogens with zero attached hydrogens (tertiary/aromatic N) is 5. The minimum atomic E-state index is -0.818. The van der Waals surface area contributed by atoms with Gasteiger partial charge in [0.25, 0.3) is 5.89 Å². The summed E-state index contributed by atoms with van der Waals surface area (Å²) in [5.41, 5.74) is 0.886. The topological polar surface area (TPSA) is 67.9 Å². The van der Waals surface area contributed by atoms with E-state index >= 15 is 0 Å². The Morgan fingerprint density at radius 1 is 1.19 bits per heavy atom. The molecule has 0 amide bonds. The van der Waals surface area contributed by atoms with E-state index in [-0.39, 0.29) is 5.92 Å². The van der Waals surface area contributed by atoms with E-state index < -0.39 is 11.6 Å². The average Bonchev–Trinajstić information content (AvgIpc) is 3.17. The van der Waals surface area contributed by atoms with Gasteiger partial charge in [0.1, 0.15) is 5.69 Å². The molecule has 8 heteroatoms. The van der Waals surface area contributed by atoms with Gasteiger partial charge in [-0.25, -0.2) is 13.8 Å². The van der Waals surface area contributed by atoms with Crippen LogP contribution in [-0.2, 0) is 6.54 Å². The van der Waals surface area contributed by atoms with Crippen LogP contribution in [0.25, 0.3) is 11.6 Å². The minimum Gasteiger partial charge on any atom is -0.419 e. The smallest absolute Gasteiger partial charge is 0.267 e. The Bertz CT molecular complexity index is 886. The van der Waals surface area contributed by atoms with Gasteiger partial charge in [-0.05, 0) is 25.5 Å². The summed E-state index contributed by atoms with van der Waals surface area (Å²) in [6, 6.07) is 4.27. The second kappa shape index (κ2) is 7.25. The first-order valence-corrected chi connectivity index (χ1v) is 8.46. The van der Waals surface area contributed by atoms with Crippen molar-refractivity contribution in [3.05, 3.63) is 59.9 Å². The van der Waals surface area contributed by atoms with Crippen molar-refractivity contribution in [3.8, 4) is 11.6 Å². The highest BCUT2D eigenvalue weighted by molar-refractivity contribution is 5.43. The van der Waals surface area contributed by atoms with Crippen LogP contribution < -0.4 is 0 Å². The molecule has 0 bridgehead atoms. The maximum atomic E-state index is 13.9. The lowest BCUT2D eigenvalue weighted by Crippen LogP contribution is -2.34. The van der Waals surface area contributed by atoms with Crippen LogP contribution in [0.15, 0.2) is 41.2 Å². The molecule has 2 aromatic heterocycles. The fourth-order valence-electron chi connectivity index (χ4n) is 3.22. The lowest BCUT2D eigenvalue weighted by atomic mass is 9.97. The first kappa shape index (κ1) is 16.7. The van der Waals surface area contributed by atoms with Crippen molar-refractivity contribution < 1.29 is 13.2 Å². The highest BCUT2D eigenvalue weighted by Crippen LogP contribution is 2.29. The number of piperidine rings is 1. The van der Waals surface area contributed by atoms with E-state index in [1.165, 1.54) is 6.07 Å². The van der Waals surface area contributed by atoms with Crippen LogP contribution in [0.3, 0.4) is 0 Å². The number of halogens is 2. The van der Waals surface area contributed by atoms with E-state index in [1.807, 2.05) is 0 Å². The molecule has 1 atom stereocenters. The molecule has 4 rings (SSSR count). The van der Waals surface area contributed by atoms with Gasteiger partial charge in [-0.2, -0.15) is 0 Å².